The maximum absolute atomic E-state index is 14.4. The summed E-state index contributed by atoms with van der Waals surface area (Å²) in [6, 6.07) is 0. The van der Waals surface area contributed by atoms with Crippen LogP contribution in [-0.4, -0.2) is 44.9 Å². The first-order valence-electron chi connectivity index (χ1n) is 18.7. The van der Waals surface area contributed by atoms with Crippen LogP contribution in [0.25, 0.3) is 0 Å². The minimum Gasteiger partial charge on any atom is -0.481 e. The Morgan fingerprint density at radius 1 is 0.939 bits per heavy atom. The van der Waals surface area contributed by atoms with Crippen LogP contribution in [0.5, 0.6) is 0 Å². The van der Waals surface area contributed by atoms with Crippen LogP contribution in [0.4, 0.5) is 0 Å². The molecule has 0 saturated heterocycles. The van der Waals surface area contributed by atoms with Crippen LogP contribution >= 0.6 is 0 Å². The predicted molar refractivity (Wildman–Crippen MR) is 183 cm³/mol. The highest BCUT2D eigenvalue weighted by atomic mass is 16.5. The Morgan fingerprint density at radius 3 is 2.24 bits per heavy atom. The van der Waals surface area contributed by atoms with Gasteiger partial charge in [-0.25, -0.2) is 0 Å². The summed E-state index contributed by atoms with van der Waals surface area (Å²) < 4.78 is 11.8. The molecule has 5 aliphatic rings. The van der Waals surface area contributed by atoms with E-state index in [1.807, 2.05) is 0 Å². The van der Waals surface area contributed by atoms with Crippen LogP contribution < -0.4 is 0 Å². The van der Waals surface area contributed by atoms with Gasteiger partial charge in [0.15, 0.2) is 11.6 Å². The summed E-state index contributed by atoms with van der Waals surface area (Å²) in [5, 5.41) is 17.7. The minimum absolute atomic E-state index is 0.00576. The van der Waals surface area contributed by atoms with E-state index < -0.39 is 22.8 Å². The molecule has 0 amide bonds. The molecule has 6 rings (SSSR count). The van der Waals surface area contributed by atoms with Crippen molar-refractivity contribution < 1.29 is 33.4 Å². The number of rotatable bonds is 8. The monoisotopic (exact) mass is 678 g/mol. The number of ether oxygens (including phenoxy) is 1. The van der Waals surface area contributed by atoms with Gasteiger partial charge in [-0.3, -0.25) is 19.2 Å². The molecular formula is C40H58N2O7. The average Bonchev–Trinajstić information content (AvgIpc) is 3.54. The first-order chi connectivity index (χ1) is 22.6. The molecule has 0 spiro atoms. The first kappa shape index (κ1) is 36.0. The molecule has 9 heteroatoms. The van der Waals surface area contributed by atoms with Gasteiger partial charge >= 0.3 is 11.9 Å². The Morgan fingerprint density at radius 2 is 1.63 bits per heavy atom. The standard InChI is InChI=1S/C40H58N2O7/c1-22(2)32-25(43)20-40(28(44)19-30-42-41-23(3)48-30)18-17-38(9)24(33(32)40)11-12-27-37(8)15-14-29(49-31(45)21-35(4,5)34(46)47)36(6,7)26(37)13-16-39(27,38)10/h22,24,26-27,29H,11-21H2,1-10H3,(H,46,47)/t24-,26+,27-,29+,37+,38-,39-,40+/m1/s1. The predicted octanol–water partition coefficient (Wildman–Crippen LogP) is 7.88. The van der Waals surface area contributed by atoms with Gasteiger partial charge in [-0.05, 0) is 116 Å². The molecule has 1 aromatic rings. The van der Waals surface area contributed by atoms with Gasteiger partial charge in [0, 0.05) is 18.8 Å². The molecule has 1 heterocycles. The highest BCUT2D eigenvalue weighted by Gasteiger charge is 2.71. The Hall–Kier alpha value is -2.84. The van der Waals surface area contributed by atoms with Gasteiger partial charge in [0.25, 0.3) is 0 Å². The zero-order chi connectivity index (χ0) is 36.1. The van der Waals surface area contributed by atoms with Gasteiger partial charge in [0.05, 0.1) is 23.7 Å². The number of hydrogen-bond acceptors (Lipinski definition) is 8. The van der Waals surface area contributed by atoms with Crippen molar-refractivity contribution in [2.75, 3.05) is 0 Å². The van der Waals surface area contributed by atoms with E-state index in [1.165, 1.54) is 0 Å². The molecule has 0 aromatic carbocycles. The molecule has 8 atom stereocenters. The van der Waals surface area contributed by atoms with Gasteiger partial charge in [-0.2, -0.15) is 0 Å². The lowest BCUT2D eigenvalue weighted by atomic mass is 9.33. The fourth-order valence-electron chi connectivity index (χ4n) is 12.5. The summed E-state index contributed by atoms with van der Waals surface area (Å²) in [5.41, 5.74) is -0.245. The zero-order valence-electron chi connectivity index (χ0n) is 31.5. The van der Waals surface area contributed by atoms with Gasteiger partial charge in [0.1, 0.15) is 6.10 Å². The van der Waals surface area contributed by atoms with Crippen LogP contribution in [0.3, 0.4) is 0 Å². The molecule has 9 nitrogen and oxygen atoms in total. The topological polar surface area (TPSA) is 137 Å². The maximum Gasteiger partial charge on any atom is 0.309 e. The lowest BCUT2D eigenvalue weighted by Gasteiger charge is -2.72. The SMILES string of the molecule is Cc1nnc(CC(=O)[C@@]23CC[C@]4(C)[C@H](CC[C@@H]5[C@@]6(C)CC[C@H](OC(=O)CC(C)(C)C(=O)O)C(C)(C)[C@@H]6CC[C@]54C)C2=C(C(C)C)C(=O)C3)o1. The van der Waals surface area contributed by atoms with Crippen LogP contribution in [0, 0.1) is 63.1 Å². The highest BCUT2D eigenvalue weighted by molar-refractivity contribution is 6.07. The molecule has 0 radical (unpaired) electrons. The number of hydrogen-bond donors (Lipinski definition) is 1. The Bertz CT molecular complexity index is 1600. The lowest BCUT2D eigenvalue weighted by molar-refractivity contribution is -0.233. The molecule has 1 aromatic heterocycles. The van der Waals surface area contributed by atoms with Gasteiger partial charge in [-0.15, -0.1) is 10.2 Å². The van der Waals surface area contributed by atoms with E-state index in [1.54, 1.807) is 20.8 Å². The van der Waals surface area contributed by atoms with Crippen molar-refractivity contribution in [1.82, 2.24) is 10.2 Å². The molecule has 49 heavy (non-hydrogen) atoms. The largest absolute Gasteiger partial charge is 0.481 e. The highest BCUT2D eigenvalue weighted by Crippen LogP contribution is 2.76. The normalized spacial score (nSPS) is 38.4. The van der Waals surface area contributed by atoms with Crippen molar-refractivity contribution in [2.24, 2.45) is 56.2 Å². The number of aromatic nitrogens is 2. The molecule has 1 N–H and O–H groups in total. The summed E-state index contributed by atoms with van der Waals surface area (Å²) >= 11 is 0. The number of nitrogens with zero attached hydrogens (tertiary/aromatic N) is 2. The fourth-order valence-corrected chi connectivity index (χ4v) is 12.5. The fraction of sp³-hybridized carbons (Fsp3) is 0.800. The smallest absolute Gasteiger partial charge is 0.309 e. The Labute approximate surface area is 291 Å². The summed E-state index contributed by atoms with van der Waals surface area (Å²) in [7, 11) is 0. The van der Waals surface area contributed by atoms with Gasteiger partial charge < -0.3 is 14.3 Å². The number of carboxylic acid groups (broad SMARTS) is 1. The quantitative estimate of drug-likeness (QED) is 0.272. The Kier molecular flexibility index (Phi) is 8.51. The van der Waals surface area contributed by atoms with Crippen molar-refractivity contribution in [1.29, 1.82) is 0 Å². The number of aryl methyl sites for hydroxylation is 1. The second kappa shape index (κ2) is 11.6. The summed E-state index contributed by atoms with van der Waals surface area (Å²) in [5.74, 6) is 0.501. The molecule has 4 fully saturated rings. The number of aliphatic carboxylic acids is 1. The molecule has 0 aliphatic heterocycles. The Balaban J connectivity index is 1.31. The summed E-state index contributed by atoms with van der Waals surface area (Å²) in [6.45, 7) is 21.0. The number of carboxylic acids is 1. The number of Topliss-reactive ketones (excluding diaryl/α,β-unsaturated/α-hetero) is 2. The van der Waals surface area contributed by atoms with Gasteiger partial charge in [-0.1, -0.05) is 48.5 Å². The van der Waals surface area contributed by atoms with E-state index in [9.17, 15) is 24.3 Å². The number of carbonyl (C=O) groups excluding carboxylic acids is 3. The van der Waals surface area contributed by atoms with Crippen LogP contribution in [-0.2, 0) is 30.3 Å². The maximum atomic E-state index is 14.4. The van der Waals surface area contributed by atoms with E-state index in [2.05, 4.69) is 58.7 Å². The zero-order valence-corrected chi connectivity index (χ0v) is 31.5. The molecule has 4 saturated carbocycles. The van der Waals surface area contributed by atoms with Crippen molar-refractivity contribution in [3.63, 3.8) is 0 Å². The van der Waals surface area contributed by atoms with E-state index in [0.717, 1.165) is 56.1 Å². The molecule has 270 valence electrons. The van der Waals surface area contributed by atoms with Crippen LogP contribution in [0.2, 0.25) is 0 Å². The third-order valence-corrected chi connectivity index (χ3v) is 15.2. The molecular weight excluding hydrogens is 620 g/mol. The van der Waals surface area contributed by atoms with E-state index in [0.29, 0.717) is 30.0 Å². The number of carbonyl (C=O) groups is 4. The van der Waals surface area contributed by atoms with E-state index >= 15 is 0 Å². The first-order valence-corrected chi connectivity index (χ1v) is 18.7. The van der Waals surface area contributed by atoms with Crippen molar-refractivity contribution in [3.8, 4) is 0 Å². The van der Waals surface area contributed by atoms with E-state index in [-0.39, 0.29) is 70.4 Å². The van der Waals surface area contributed by atoms with E-state index in [4.69, 9.17) is 9.15 Å². The number of ketones is 2. The molecule has 0 bridgehead atoms. The van der Waals surface area contributed by atoms with Gasteiger partial charge in [0.2, 0.25) is 11.8 Å². The van der Waals surface area contributed by atoms with Crippen molar-refractivity contribution >= 4 is 23.5 Å². The average molecular weight is 679 g/mol. The second-order valence-electron chi connectivity index (χ2n) is 18.8. The third-order valence-electron chi connectivity index (χ3n) is 15.2. The second-order valence-corrected chi connectivity index (χ2v) is 18.8. The van der Waals surface area contributed by atoms with Crippen LogP contribution in [0.1, 0.15) is 138 Å². The number of fused-ring (bicyclic) bond motifs is 7. The van der Waals surface area contributed by atoms with Crippen LogP contribution in [0.15, 0.2) is 15.6 Å². The number of allylic oxidation sites excluding steroid dienone is 2. The van der Waals surface area contributed by atoms with Crippen molar-refractivity contribution in [2.45, 2.75) is 146 Å². The minimum atomic E-state index is -1.17. The third kappa shape index (κ3) is 5.20. The molecule has 5 aliphatic carbocycles. The summed E-state index contributed by atoms with van der Waals surface area (Å²) in [4.78, 5) is 53.0. The summed E-state index contributed by atoms with van der Waals surface area (Å²) in [6.07, 6.45) is 7.23. The van der Waals surface area contributed by atoms with Crippen molar-refractivity contribution in [3.05, 3.63) is 22.9 Å². The lowest BCUT2D eigenvalue weighted by Crippen LogP contribution is -2.66. The molecule has 0 unspecified atom stereocenters. The number of esters is 1.